The second-order valence-electron chi connectivity index (χ2n) is 3.07. The van der Waals surface area contributed by atoms with Gasteiger partial charge in [-0.05, 0) is 19.1 Å². The maximum absolute atomic E-state index is 11.4. The minimum atomic E-state index is -0.353. The molecule has 5 nitrogen and oxygen atoms in total. The molecule has 0 unspecified atom stereocenters. The summed E-state index contributed by atoms with van der Waals surface area (Å²) in [6, 6.07) is 7.47. The molecule has 2 rings (SSSR count). The third-order valence-corrected chi connectivity index (χ3v) is 1.97. The first-order valence-corrected chi connectivity index (χ1v) is 4.17. The average Bonchev–Trinajstić information content (AvgIpc) is 2.50. The van der Waals surface area contributed by atoms with Crippen LogP contribution in [0.1, 0.15) is 5.56 Å². The predicted molar refractivity (Wildman–Crippen MR) is 52.7 cm³/mol. The van der Waals surface area contributed by atoms with Crippen molar-refractivity contribution in [2.45, 2.75) is 6.92 Å². The van der Waals surface area contributed by atoms with E-state index >= 15 is 0 Å². The summed E-state index contributed by atoms with van der Waals surface area (Å²) in [7, 11) is 0. The van der Waals surface area contributed by atoms with E-state index < -0.39 is 0 Å². The highest BCUT2D eigenvalue weighted by Crippen LogP contribution is 2.04. The smallest absolute Gasteiger partial charge is 0.334 e. The van der Waals surface area contributed by atoms with Crippen LogP contribution in [-0.2, 0) is 0 Å². The van der Waals surface area contributed by atoms with Gasteiger partial charge in [-0.3, -0.25) is 0 Å². The van der Waals surface area contributed by atoms with Gasteiger partial charge >= 0.3 is 5.69 Å². The molecule has 0 saturated heterocycles. The van der Waals surface area contributed by atoms with Gasteiger partial charge in [0.25, 0.3) is 0 Å². The normalized spacial score (nSPS) is 10.4. The summed E-state index contributed by atoms with van der Waals surface area (Å²) in [5.74, 6) is 5.33. The Kier molecular flexibility index (Phi) is 1.85. The second kappa shape index (κ2) is 3.02. The lowest BCUT2D eigenvalue weighted by molar-refractivity contribution is 0.820. The number of rotatable bonds is 1. The molecule has 5 heteroatoms. The molecule has 0 saturated carbocycles. The van der Waals surface area contributed by atoms with E-state index in [4.69, 9.17) is 5.84 Å². The molecule has 14 heavy (non-hydrogen) atoms. The van der Waals surface area contributed by atoms with Crippen LogP contribution < -0.4 is 11.5 Å². The number of benzene rings is 1. The summed E-state index contributed by atoms with van der Waals surface area (Å²) in [6.45, 7) is 1.98. The molecule has 0 aliphatic heterocycles. The van der Waals surface area contributed by atoms with Crippen LogP contribution in [0, 0.1) is 6.92 Å². The van der Waals surface area contributed by atoms with Gasteiger partial charge < -0.3 is 5.84 Å². The van der Waals surface area contributed by atoms with E-state index in [0.29, 0.717) is 5.69 Å². The van der Waals surface area contributed by atoms with Gasteiger partial charge in [-0.1, -0.05) is 17.7 Å². The molecule has 1 heterocycles. The minimum absolute atomic E-state index is 0.353. The fraction of sp³-hybridized carbons (Fsp3) is 0.111. The molecular formula is C9H10N4O. The number of nitrogens with zero attached hydrogens (tertiary/aromatic N) is 3. The highest BCUT2D eigenvalue weighted by Gasteiger charge is 2.03. The fourth-order valence-electron chi connectivity index (χ4n) is 1.18. The van der Waals surface area contributed by atoms with Gasteiger partial charge in [0.05, 0.1) is 5.69 Å². The fourth-order valence-corrected chi connectivity index (χ4v) is 1.18. The third-order valence-electron chi connectivity index (χ3n) is 1.97. The van der Waals surface area contributed by atoms with E-state index in [0.717, 1.165) is 10.2 Å². The Labute approximate surface area is 80.4 Å². The summed E-state index contributed by atoms with van der Waals surface area (Å²) in [6.07, 6.45) is 1.28. The minimum Gasteiger partial charge on any atom is -0.334 e. The van der Waals surface area contributed by atoms with E-state index in [-0.39, 0.29) is 5.69 Å². The molecule has 0 spiro atoms. The number of nitrogen functional groups attached to an aromatic ring is 1. The first kappa shape index (κ1) is 8.55. The van der Waals surface area contributed by atoms with E-state index in [1.807, 2.05) is 31.2 Å². The molecule has 1 aromatic carbocycles. The zero-order chi connectivity index (χ0) is 10.1. The Balaban J connectivity index is 2.55. The largest absolute Gasteiger partial charge is 0.369 e. The van der Waals surface area contributed by atoms with Crippen LogP contribution in [0.25, 0.3) is 5.69 Å². The number of aryl methyl sites for hydroxylation is 1. The first-order valence-electron chi connectivity index (χ1n) is 4.17. The van der Waals surface area contributed by atoms with Crippen molar-refractivity contribution in [3.05, 3.63) is 46.6 Å². The van der Waals surface area contributed by atoms with Crippen LogP contribution in [-0.4, -0.2) is 14.5 Å². The lowest BCUT2D eigenvalue weighted by Crippen LogP contribution is -2.28. The Morgan fingerprint density at radius 2 is 1.93 bits per heavy atom. The van der Waals surface area contributed by atoms with Gasteiger partial charge in [0.1, 0.15) is 6.33 Å². The zero-order valence-corrected chi connectivity index (χ0v) is 7.71. The van der Waals surface area contributed by atoms with Crippen molar-refractivity contribution >= 4 is 0 Å². The maximum atomic E-state index is 11.4. The number of hydrogen-bond acceptors (Lipinski definition) is 3. The summed E-state index contributed by atoms with van der Waals surface area (Å²) in [5.41, 5.74) is 1.49. The molecule has 0 aliphatic carbocycles. The van der Waals surface area contributed by atoms with Gasteiger partial charge in [-0.15, -0.1) is 0 Å². The summed E-state index contributed by atoms with van der Waals surface area (Å²) in [4.78, 5) is 11.4. The maximum Gasteiger partial charge on any atom is 0.369 e. The van der Waals surface area contributed by atoms with Crippen molar-refractivity contribution in [2.24, 2.45) is 0 Å². The number of aromatic nitrogens is 3. The second-order valence-corrected chi connectivity index (χ2v) is 3.07. The van der Waals surface area contributed by atoms with Crippen molar-refractivity contribution in [1.82, 2.24) is 14.5 Å². The molecule has 0 amide bonds. The SMILES string of the molecule is Cc1ccc(-n2ncn(N)c2=O)cc1. The van der Waals surface area contributed by atoms with Gasteiger partial charge in [0.2, 0.25) is 0 Å². The average molecular weight is 190 g/mol. The zero-order valence-electron chi connectivity index (χ0n) is 7.71. The van der Waals surface area contributed by atoms with Crippen molar-refractivity contribution in [2.75, 3.05) is 5.84 Å². The Bertz CT molecular complexity index is 494. The molecule has 0 aliphatic rings. The predicted octanol–water partition coefficient (Wildman–Crippen LogP) is 0.0562. The molecule has 2 aromatic rings. The van der Waals surface area contributed by atoms with Crippen molar-refractivity contribution in [1.29, 1.82) is 0 Å². The van der Waals surface area contributed by atoms with Crippen LogP contribution in [0.2, 0.25) is 0 Å². The molecular weight excluding hydrogens is 180 g/mol. The summed E-state index contributed by atoms with van der Waals surface area (Å²) >= 11 is 0. The number of nitrogens with two attached hydrogens (primary N) is 1. The van der Waals surface area contributed by atoms with Crippen molar-refractivity contribution in [3.63, 3.8) is 0 Å². The summed E-state index contributed by atoms with van der Waals surface area (Å²) < 4.78 is 2.19. The monoisotopic (exact) mass is 190 g/mol. The van der Waals surface area contributed by atoms with E-state index in [1.165, 1.54) is 11.0 Å². The van der Waals surface area contributed by atoms with Crippen LogP contribution in [0.5, 0.6) is 0 Å². The van der Waals surface area contributed by atoms with E-state index in [9.17, 15) is 4.79 Å². The van der Waals surface area contributed by atoms with Gasteiger partial charge in [0.15, 0.2) is 0 Å². The van der Waals surface area contributed by atoms with Crippen LogP contribution >= 0.6 is 0 Å². The molecule has 0 atom stereocenters. The Hall–Kier alpha value is -2.04. The van der Waals surface area contributed by atoms with Gasteiger partial charge in [-0.25, -0.2) is 4.79 Å². The highest BCUT2D eigenvalue weighted by molar-refractivity contribution is 5.32. The Morgan fingerprint density at radius 3 is 2.43 bits per heavy atom. The molecule has 72 valence electrons. The van der Waals surface area contributed by atoms with E-state index in [1.54, 1.807) is 0 Å². The lowest BCUT2D eigenvalue weighted by Gasteiger charge is -1.98. The molecule has 2 N–H and O–H groups in total. The van der Waals surface area contributed by atoms with Gasteiger partial charge in [0, 0.05) is 0 Å². The van der Waals surface area contributed by atoms with E-state index in [2.05, 4.69) is 5.10 Å². The van der Waals surface area contributed by atoms with Gasteiger partial charge in [-0.2, -0.15) is 14.5 Å². The van der Waals surface area contributed by atoms with Crippen molar-refractivity contribution < 1.29 is 0 Å². The number of hydrogen-bond donors (Lipinski definition) is 1. The summed E-state index contributed by atoms with van der Waals surface area (Å²) in [5, 5.41) is 3.86. The lowest BCUT2D eigenvalue weighted by atomic mass is 10.2. The molecule has 0 bridgehead atoms. The first-order chi connectivity index (χ1) is 6.68. The van der Waals surface area contributed by atoms with Crippen molar-refractivity contribution in [3.8, 4) is 5.69 Å². The molecule has 0 radical (unpaired) electrons. The van der Waals surface area contributed by atoms with Crippen LogP contribution in [0.4, 0.5) is 0 Å². The quantitative estimate of drug-likeness (QED) is 0.646. The third kappa shape index (κ3) is 1.28. The van der Waals surface area contributed by atoms with Crippen LogP contribution in [0.3, 0.4) is 0 Å². The highest BCUT2D eigenvalue weighted by atomic mass is 16.2. The molecule has 0 fully saturated rings. The standard InChI is InChI=1S/C9H10N4O/c1-7-2-4-8(5-3-7)13-9(14)12(10)6-11-13/h2-6H,10H2,1H3. The van der Waals surface area contributed by atoms with Crippen LogP contribution in [0.15, 0.2) is 35.4 Å². The Morgan fingerprint density at radius 1 is 1.29 bits per heavy atom. The topological polar surface area (TPSA) is 65.8 Å². The molecule has 1 aromatic heterocycles.